The minimum atomic E-state index is -3.01. The molecule has 0 bridgehead atoms. The van der Waals surface area contributed by atoms with Crippen LogP contribution in [0.15, 0.2) is 0 Å². The van der Waals surface area contributed by atoms with Gasteiger partial charge in [-0.3, -0.25) is 9.69 Å². The number of likely N-dealkylation sites (tertiary alicyclic amines) is 1. The maximum absolute atomic E-state index is 12.9. The van der Waals surface area contributed by atoms with Crippen molar-refractivity contribution in [2.75, 3.05) is 51.4 Å². The molecule has 0 N–H and O–H groups in total. The molecule has 2 unspecified atom stereocenters. The van der Waals surface area contributed by atoms with E-state index in [-0.39, 0.29) is 23.5 Å². The van der Waals surface area contributed by atoms with Crippen molar-refractivity contribution in [2.24, 2.45) is 11.3 Å². The highest BCUT2D eigenvalue weighted by atomic mass is 32.2. The van der Waals surface area contributed by atoms with Crippen molar-refractivity contribution in [1.29, 1.82) is 0 Å². The molecule has 0 aromatic carbocycles. The molecule has 0 aromatic heterocycles. The fraction of sp³-hybridized carbons (Fsp3) is 0.947. The van der Waals surface area contributed by atoms with Crippen LogP contribution >= 0.6 is 0 Å². The van der Waals surface area contributed by atoms with Crippen LogP contribution in [0.25, 0.3) is 0 Å². The third-order valence-electron chi connectivity index (χ3n) is 5.91. The molecule has 0 saturated carbocycles. The number of sulfone groups is 1. The molecule has 2 saturated heterocycles. The van der Waals surface area contributed by atoms with E-state index in [0.29, 0.717) is 37.5 Å². The molecule has 0 aliphatic carbocycles. The summed E-state index contributed by atoms with van der Waals surface area (Å²) in [5, 5.41) is 0. The Balaban J connectivity index is 1.96. The van der Waals surface area contributed by atoms with Crippen molar-refractivity contribution in [1.82, 2.24) is 9.80 Å². The zero-order valence-corrected chi connectivity index (χ0v) is 17.7. The van der Waals surface area contributed by atoms with Crippen molar-refractivity contribution in [3.8, 4) is 0 Å². The molecule has 2 rings (SSSR count). The number of carbonyl (C=O) groups is 1. The van der Waals surface area contributed by atoms with E-state index in [1.165, 1.54) is 6.42 Å². The molecule has 2 aliphatic rings. The zero-order chi connectivity index (χ0) is 19.4. The molecule has 2 heterocycles. The average molecular weight is 389 g/mol. The van der Waals surface area contributed by atoms with Gasteiger partial charge in [-0.1, -0.05) is 20.8 Å². The third kappa shape index (κ3) is 6.20. The predicted octanol–water partition coefficient (Wildman–Crippen LogP) is 1.80. The molecule has 6 nitrogen and oxygen atoms in total. The molecule has 1 amide bonds. The van der Waals surface area contributed by atoms with Crippen molar-refractivity contribution < 1.29 is 17.9 Å². The molecular weight excluding hydrogens is 352 g/mol. The van der Waals surface area contributed by atoms with E-state index in [1.54, 1.807) is 12.0 Å². The summed E-state index contributed by atoms with van der Waals surface area (Å²) in [6.07, 6.45) is 3.99. The lowest BCUT2D eigenvalue weighted by Crippen LogP contribution is -2.47. The van der Waals surface area contributed by atoms with Crippen LogP contribution < -0.4 is 0 Å². The van der Waals surface area contributed by atoms with Gasteiger partial charge in [-0.15, -0.1) is 0 Å². The smallest absolute Gasteiger partial charge is 0.237 e. The topological polar surface area (TPSA) is 66.9 Å². The zero-order valence-electron chi connectivity index (χ0n) is 16.9. The summed E-state index contributed by atoms with van der Waals surface area (Å²) in [5.41, 5.74) is 0.308. The van der Waals surface area contributed by atoms with Gasteiger partial charge in [0, 0.05) is 19.7 Å². The summed E-state index contributed by atoms with van der Waals surface area (Å²) in [7, 11) is -1.40. The fourth-order valence-corrected chi connectivity index (χ4v) is 5.91. The van der Waals surface area contributed by atoms with Gasteiger partial charge in [-0.05, 0) is 50.1 Å². The summed E-state index contributed by atoms with van der Waals surface area (Å²) in [6.45, 7) is 10.1. The van der Waals surface area contributed by atoms with Crippen molar-refractivity contribution in [3.63, 3.8) is 0 Å². The van der Waals surface area contributed by atoms with Crippen LogP contribution in [-0.2, 0) is 19.4 Å². The molecule has 152 valence electrons. The van der Waals surface area contributed by atoms with Crippen molar-refractivity contribution >= 4 is 15.7 Å². The summed E-state index contributed by atoms with van der Waals surface area (Å²) in [6, 6.07) is -0.197. The van der Waals surface area contributed by atoms with Crippen LogP contribution in [0.1, 0.15) is 46.5 Å². The number of hydrogen-bond donors (Lipinski definition) is 0. The Morgan fingerprint density at radius 2 is 1.92 bits per heavy atom. The quantitative estimate of drug-likeness (QED) is 0.694. The van der Waals surface area contributed by atoms with Gasteiger partial charge in [-0.2, -0.15) is 0 Å². The highest BCUT2D eigenvalue weighted by Crippen LogP contribution is 2.34. The van der Waals surface area contributed by atoms with Crippen LogP contribution in [0.3, 0.4) is 0 Å². The van der Waals surface area contributed by atoms with Gasteiger partial charge in [0.2, 0.25) is 5.91 Å². The number of hydrogen-bond acceptors (Lipinski definition) is 5. The first-order chi connectivity index (χ1) is 12.1. The van der Waals surface area contributed by atoms with E-state index >= 15 is 0 Å². The molecule has 26 heavy (non-hydrogen) atoms. The lowest BCUT2D eigenvalue weighted by atomic mass is 9.77. The fourth-order valence-electron chi connectivity index (χ4n) is 4.18. The second-order valence-corrected chi connectivity index (χ2v) is 11.1. The Bertz CT molecular complexity index is 571. The largest absolute Gasteiger partial charge is 0.383 e. The van der Waals surface area contributed by atoms with Gasteiger partial charge in [0.25, 0.3) is 0 Å². The van der Waals surface area contributed by atoms with Crippen LogP contribution in [0.2, 0.25) is 0 Å². The first-order valence-corrected chi connectivity index (χ1v) is 11.7. The summed E-state index contributed by atoms with van der Waals surface area (Å²) >= 11 is 0. The lowest BCUT2D eigenvalue weighted by molar-refractivity contribution is -0.135. The number of ether oxygens (including phenoxy) is 1. The van der Waals surface area contributed by atoms with Gasteiger partial charge >= 0.3 is 0 Å². The number of rotatable bonds is 6. The summed E-state index contributed by atoms with van der Waals surface area (Å²) < 4.78 is 28.8. The van der Waals surface area contributed by atoms with E-state index in [1.807, 2.05) is 0 Å². The second kappa shape index (κ2) is 9.02. The Labute approximate surface area is 159 Å². The summed E-state index contributed by atoms with van der Waals surface area (Å²) in [4.78, 5) is 16.9. The number of methoxy groups -OCH3 is 1. The average Bonchev–Trinajstić information content (AvgIpc) is 2.74. The lowest BCUT2D eigenvalue weighted by Gasteiger charge is -2.31. The highest BCUT2D eigenvalue weighted by Gasteiger charge is 2.35. The molecule has 2 fully saturated rings. The van der Waals surface area contributed by atoms with Gasteiger partial charge in [0.05, 0.1) is 24.7 Å². The van der Waals surface area contributed by atoms with Gasteiger partial charge in [-0.25, -0.2) is 8.42 Å². The van der Waals surface area contributed by atoms with E-state index in [2.05, 4.69) is 25.7 Å². The van der Waals surface area contributed by atoms with E-state index in [4.69, 9.17) is 4.74 Å². The maximum Gasteiger partial charge on any atom is 0.237 e. The molecule has 2 aliphatic heterocycles. The van der Waals surface area contributed by atoms with Gasteiger partial charge < -0.3 is 9.64 Å². The standard InChI is InChI=1S/C19H36N2O4S/c1-19(2,3)16-6-5-9-20(10-7-16)14-18(22)21(11-12-25-4)17-8-13-26(23,24)15-17/h16-17H,5-15H2,1-4H3. The van der Waals surface area contributed by atoms with Crippen LogP contribution in [0, 0.1) is 11.3 Å². The Hall–Kier alpha value is -0.660. The normalized spacial score (nSPS) is 27.2. The maximum atomic E-state index is 12.9. The van der Waals surface area contributed by atoms with Crippen LogP contribution in [0.5, 0.6) is 0 Å². The molecule has 7 heteroatoms. The van der Waals surface area contributed by atoms with Crippen molar-refractivity contribution in [3.05, 3.63) is 0 Å². The number of amides is 1. The molecule has 0 radical (unpaired) electrons. The SMILES string of the molecule is COCCN(C(=O)CN1CCCC(C(C)(C)C)CC1)C1CCS(=O)(=O)C1. The van der Waals surface area contributed by atoms with E-state index in [9.17, 15) is 13.2 Å². The van der Waals surface area contributed by atoms with Crippen LogP contribution in [-0.4, -0.2) is 81.6 Å². The third-order valence-corrected chi connectivity index (χ3v) is 7.66. The highest BCUT2D eigenvalue weighted by molar-refractivity contribution is 7.91. The predicted molar refractivity (Wildman–Crippen MR) is 104 cm³/mol. The first-order valence-electron chi connectivity index (χ1n) is 9.83. The van der Waals surface area contributed by atoms with Crippen molar-refractivity contribution in [2.45, 2.75) is 52.5 Å². The Kier molecular flexibility index (Phi) is 7.51. The minimum Gasteiger partial charge on any atom is -0.383 e. The van der Waals surface area contributed by atoms with Gasteiger partial charge in [0.15, 0.2) is 9.84 Å². The number of carbonyl (C=O) groups excluding carboxylic acids is 1. The van der Waals surface area contributed by atoms with E-state index in [0.717, 1.165) is 25.9 Å². The second-order valence-electron chi connectivity index (χ2n) is 8.91. The molecular formula is C19H36N2O4S. The molecule has 2 atom stereocenters. The van der Waals surface area contributed by atoms with Crippen LogP contribution in [0.4, 0.5) is 0 Å². The molecule has 0 spiro atoms. The number of nitrogens with zero attached hydrogens (tertiary/aromatic N) is 2. The minimum absolute atomic E-state index is 0.0401. The van der Waals surface area contributed by atoms with E-state index < -0.39 is 9.84 Å². The summed E-state index contributed by atoms with van der Waals surface area (Å²) in [5.74, 6) is 1.01. The Morgan fingerprint density at radius 1 is 1.19 bits per heavy atom. The molecule has 0 aromatic rings. The first kappa shape index (κ1) is 21.6. The Morgan fingerprint density at radius 3 is 2.50 bits per heavy atom. The van der Waals surface area contributed by atoms with Gasteiger partial charge in [0.1, 0.15) is 0 Å². The monoisotopic (exact) mass is 388 g/mol.